The standard InChI is InChI=1S/C25H35ClN2O3/c1-5-30-24-9-7-6-8-23(24)28-12-10-27(11-13-28)16-20(29)17-31-25-14-19(4)22(26)15-21(25)18(2)3/h6-9,14-15,18,20,29H,5,10-13,16-17H2,1-4H3/t20-/m0/s1. The van der Waals surface area contributed by atoms with E-state index in [9.17, 15) is 5.11 Å². The predicted molar refractivity (Wildman–Crippen MR) is 128 cm³/mol. The van der Waals surface area contributed by atoms with Crippen LogP contribution in [-0.2, 0) is 0 Å². The molecule has 31 heavy (non-hydrogen) atoms. The van der Waals surface area contributed by atoms with E-state index in [1.54, 1.807) is 0 Å². The first-order valence-electron chi connectivity index (χ1n) is 11.2. The fraction of sp³-hybridized carbons (Fsp3) is 0.520. The Hall–Kier alpha value is -1.95. The van der Waals surface area contributed by atoms with Crippen molar-refractivity contribution < 1.29 is 14.6 Å². The summed E-state index contributed by atoms with van der Waals surface area (Å²) in [5.74, 6) is 2.05. The first-order chi connectivity index (χ1) is 14.9. The number of piperazine rings is 1. The summed E-state index contributed by atoms with van der Waals surface area (Å²) >= 11 is 6.28. The van der Waals surface area contributed by atoms with Crippen molar-refractivity contribution in [3.05, 3.63) is 52.5 Å². The molecular weight excluding hydrogens is 412 g/mol. The second-order valence-electron chi connectivity index (χ2n) is 8.45. The van der Waals surface area contributed by atoms with E-state index in [4.69, 9.17) is 21.1 Å². The van der Waals surface area contributed by atoms with Gasteiger partial charge in [0.25, 0.3) is 0 Å². The Morgan fingerprint density at radius 3 is 2.42 bits per heavy atom. The molecule has 2 aromatic rings. The maximum atomic E-state index is 10.6. The highest BCUT2D eigenvalue weighted by Gasteiger charge is 2.22. The van der Waals surface area contributed by atoms with Crippen molar-refractivity contribution in [3.63, 3.8) is 0 Å². The molecule has 3 rings (SSSR count). The Morgan fingerprint density at radius 1 is 1.03 bits per heavy atom. The van der Waals surface area contributed by atoms with Gasteiger partial charge in [-0.2, -0.15) is 0 Å². The summed E-state index contributed by atoms with van der Waals surface area (Å²) in [5, 5.41) is 11.3. The van der Waals surface area contributed by atoms with Gasteiger partial charge in [0, 0.05) is 37.7 Å². The van der Waals surface area contributed by atoms with Crippen LogP contribution >= 0.6 is 11.6 Å². The van der Waals surface area contributed by atoms with Gasteiger partial charge in [0.05, 0.1) is 12.3 Å². The van der Waals surface area contributed by atoms with Crippen molar-refractivity contribution >= 4 is 17.3 Å². The first kappa shape index (κ1) is 23.7. The van der Waals surface area contributed by atoms with Crippen LogP contribution in [0.3, 0.4) is 0 Å². The van der Waals surface area contributed by atoms with Gasteiger partial charge >= 0.3 is 0 Å². The number of rotatable bonds is 9. The van der Waals surface area contributed by atoms with Crippen LogP contribution in [0.2, 0.25) is 5.02 Å². The van der Waals surface area contributed by atoms with Crippen LogP contribution < -0.4 is 14.4 Å². The number of hydrogen-bond acceptors (Lipinski definition) is 5. The maximum absolute atomic E-state index is 10.6. The van der Waals surface area contributed by atoms with Crippen molar-refractivity contribution in [1.29, 1.82) is 0 Å². The highest BCUT2D eigenvalue weighted by molar-refractivity contribution is 6.31. The molecule has 2 aromatic carbocycles. The molecule has 1 aliphatic rings. The van der Waals surface area contributed by atoms with Gasteiger partial charge in [-0.3, -0.25) is 4.90 Å². The number of anilines is 1. The van der Waals surface area contributed by atoms with Crippen LogP contribution in [0.4, 0.5) is 5.69 Å². The lowest BCUT2D eigenvalue weighted by Gasteiger charge is -2.37. The molecule has 0 amide bonds. The second kappa shape index (κ2) is 11.1. The van der Waals surface area contributed by atoms with E-state index >= 15 is 0 Å². The van der Waals surface area contributed by atoms with E-state index < -0.39 is 6.10 Å². The zero-order valence-corrected chi connectivity index (χ0v) is 19.9. The molecule has 6 heteroatoms. The molecule has 170 valence electrons. The largest absolute Gasteiger partial charge is 0.492 e. The Bertz CT molecular complexity index is 851. The predicted octanol–water partition coefficient (Wildman–Crippen LogP) is 4.73. The molecular formula is C25H35ClN2O3. The fourth-order valence-electron chi connectivity index (χ4n) is 3.95. The lowest BCUT2D eigenvalue weighted by Crippen LogP contribution is -2.49. The maximum Gasteiger partial charge on any atom is 0.142 e. The van der Waals surface area contributed by atoms with Gasteiger partial charge < -0.3 is 19.5 Å². The quantitative estimate of drug-likeness (QED) is 0.603. The van der Waals surface area contributed by atoms with Crippen LogP contribution in [0.15, 0.2) is 36.4 Å². The molecule has 0 radical (unpaired) electrons. The average molecular weight is 447 g/mol. The molecule has 0 unspecified atom stereocenters. The molecule has 5 nitrogen and oxygen atoms in total. The Balaban J connectivity index is 1.51. The van der Waals surface area contributed by atoms with Crippen LogP contribution in [0.5, 0.6) is 11.5 Å². The molecule has 1 atom stereocenters. The summed E-state index contributed by atoms with van der Waals surface area (Å²) in [6, 6.07) is 12.1. The van der Waals surface area contributed by atoms with E-state index in [2.05, 4.69) is 35.8 Å². The summed E-state index contributed by atoms with van der Waals surface area (Å²) in [5.41, 5.74) is 3.20. The number of nitrogens with zero attached hydrogens (tertiary/aromatic N) is 2. The third-order valence-corrected chi connectivity index (χ3v) is 6.10. The van der Waals surface area contributed by atoms with Crippen molar-refractivity contribution in [1.82, 2.24) is 4.90 Å². The molecule has 1 saturated heterocycles. The van der Waals surface area contributed by atoms with Crippen LogP contribution in [0.25, 0.3) is 0 Å². The SMILES string of the molecule is CCOc1ccccc1N1CCN(C[C@H](O)COc2cc(C)c(Cl)cc2C(C)C)CC1. The summed E-state index contributed by atoms with van der Waals surface area (Å²) in [6.07, 6.45) is -0.543. The van der Waals surface area contributed by atoms with Gasteiger partial charge in [0.2, 0.25) is 0 Å². The summed E-state index contributed by atoms with van der Waals surface area (Å²) in [4.78, 5) is 4.65. The van der Waals surface area contributed by atoms with Crippen molar-refractivity contribution in [2.24, 2.45) is 0 Å². The number of hydrogen-bond donors (Lipinski definition) is 1. The minimum absolute atomic E-state index is 0.272. The molecule has 1 heterocycles. The lowest BCUT2D eigenvalue weighted by atomic mass is 10.0. The van der Waals surface area contributed by atoms with Crippen molar-refractivity contribution in [2.75, 3.05) is 50.8 Å². The third kappa shape index (κ3) is 6.28. The number of aliphatic hydroxyl groups excluding tert-OH is 1. The molecule has 1 N–H and O–H groups in total. The number of benzene rings is 2. The highest BCUT2D eigenvalue weighted by Crippen LogP contribution is 2.32. The first-order valence-corrected chi connectivity index (χ1v) is 11.6. The molecule has 1 aliphatic heterocycles. The van der Waals surface area contributed by atoms with E-state index in [1.165, 1.54) is 0 Å². The van der Waals surface area contributed by atoms with Crippen LogP contribution in [0.1, 0.15) is 37.8 Å². The molecule has 0 spiro atoms. The van der Waals surface area contributed by atoms with Gasteiger partial charge in [-0.05, 0) is 55.2 Å². The van der Waals surface area contributed by atoms with Crippen molar-refractivity contribution in [2.45, 2.75) is 39.7 Å². The molecule has 0 bridgehead atoms. The molecule has 1 fully saturated rings. The number of aliphatic hydroxyl groups is 1. The lowest BCUT2D eigenvalue weighted by molar-refractivity contribution is 0.0658. The van der Waals surface area contributed by atoms with E-state index in [0.29, 0.717) is 19.1 Å². The van der Waals surface area contributed by atoms with E-state index in [-0.39, 0.29) is 6.61 Å². The van der Waals surface area contributed by atoms with Gasteiger partial charge in [-0.1, -0.05) is 37.6 Å². The number of para-hydroxylation sites is 2. The van der Waals surface area contributed by atoms with Gasteiger partial charge in [-0.25, -0.2) is 0 Å². The Morgan fingerprint density at radius 2 is 1.74 bits per heavy atom. The Kier molecular flexibility index (Phi) is 8.47. The van der Waals surface area contributed by atoms with Gasteiger partial charge in [-0.15, -0.1) is 0 Å². The highest BCUT2D eigenvalue weighted by atomic mass is 35.5. The average Bonchev–Trinajstić information content (AvgIpc) is 2.75. The molecule has 0 saturated carbocycles. The topological polar surface area (TPSA) is 45.2 Å². The minimum atomic E-state index is -0.543. The minimum Gasteiger partial charge on any atom is -0.492 e. The zero-order chi connectivity index (χ0) is 22.4. The number of ether oxygens (including phenoxy) is 2. The van der Waals surface area contributed by atoms with Gasteiger partial charge in [0.1, 0.15) is 24.2 Å². The smallest absolute Gasteiger partial charge is 0.142 e. The van der Waals surface area contributed by atoms with Crippen LogP contribution in [0, 0.1) is 6.92 Å². The summed E-state index contributed by atoms with van der Waals surface area (Å²) < 4.78 is 11.8. The third-order valence-electron chi connectivity index (χ3n) is 5.69. The fourth-order valence-corrected chi connectivity index (χ4v) is 4.12. The summed E-state index contributed by atoms with van der Waals surface area (Å²) in [6.45, 7) is 13.4. The second-order valence-corrected chi connectivity index (χ2v) is 8.85. The zero-order valence-electron chi connectivity index (χ0n) is 19.1. The molecule has 0 aromatic heterocycles. The normalized spacial score (nSPS) is 15.9. The van der Waals surface area contributed by atoms with E-state index in [1.807, 2.05) is 38.1 Å². The summed E-state index contributed by atoms with van der Waals surface area (Å²) in [7, 11) is 0. The number of β-amino-alcohol motifs (C(OH)–C–C–N with tert-alkyl or cyclic N) is 1. The van der Waals surface area contributed by atoms with Crippen LogP contribution in [-0.4, -0.2) is 62.0 Å². The Labute approximate surface area is 191 Å². The number of aryl methyl sites for hydroxylation is 1. The molecule has 0 aliphatic carbocycles. The van der Waals surface area contributed by atoms with Crippen molar-refractivity contribution in [3.8, 4) is 11.5 Å². The monoisotopic (exact) mass is 446 g/mol. The number of halogens is 1. The van der Waals surface area contributed by atoms with Gasteiger partial charge in [0.15, 0.2) is 0 Å². The van der Waals surface area contributed by atoms with E-state index in [0.717, 1.165) is 59.5 Å².